The SMILES string of the molecule is CC.CCCCCC.CCCC[C@@H]1CCCC1P(c1cc(C)c(OC)c(C)c1)c1cc(C)c(OC)c(C)c1. The molecule has 0 aliphatic heterocycles. The first kappa shape index (κ1) is 34.5. The predicted molar refractivity (Wildman–Crippen MR) is 173 cm³/mol. The smallest absolute Gasteiger partial charge is 0.124 e. The van der Waals surface area contributed by atoms with Crippen molar-refractivity contribution in [3.63, 3.8) is 0 Å². The molecule has 1 saturated carbocycles. The number of hydrogen-bond acceptors (Lipinski definition) is 2. The Bertz CT molecular complexity index is 826. The highest BCUT2D eigenvalue weighted by Gasteiger charge is 2.35. The van der Waals surface area contributed by atoms with E-state index in [1.165, 1.54) is 97.1 Å². The first-order valence-corrected chi connectivity index (χ1v) is 16.8. The van der Waals surface area contributed by atoms with E-state index >= 15 is 0 Å². The Labute approximate surface area is 238 Å². The zero-order valence-corrected chi connectivity index (χ0v) is 27.7. The molecule has 0 aromatic heterocycles. The van der Waals surface area contributed by atoms with Crippen molar-refractivity contribution in [3.8, 4) is 11.5 Å². The van der Waals surface area contributed by atoms with Crippen LogP contribution in [-0.2, 0) is 0 Å². The fraction of sp³-hybridized carbons (Fsp3) is 0.657. The lowest BCUT2D eigenvalue weighted by Gasteiger charge is -2.32. The van der Waals surface area contributed by atoms with Gasteiger partial charge in [-0.1, -0.05) is 79.6 Å². The predicted octanol–water partition coefficient (Wildman–Crippen LogP) is 10.3. The monoisotopic (exact) mass is 542 g/mol. The molecule has 2 atom stereocenters. The standard InChI is InChI=1S/C27H39O2P.C6H14.C2H6/c1-8-9-11-22-12-10-13-25(22)30(23-14-18(2)26(28-6)19(3)15-23)24-16-20(4)27(29-7)21(5)17-24;1-3-5-6-4-2;1-2/h14-17,22,25H,8-13H2,1-7H3;3-6H2,1-2H3;1-2H3/t22-,25?;;/m1../s1. The van der Waals surface area contributed by atoms with Crippen LogP contribution in [0.5, 0.6) is 11.5 Å². The van der Waals surface area contributed by atoms with Crippen LogP contribution in [0.2, 0.25) is 0 Å². The summed E-state index contributed by atoms with van der Waals surface area (Å²) in [5, 5.41) is 3.02. The molecule has 0 amide bonds. The lowest BCUT2D eigenvalue weighted by Crippen LogP contribution is -2.26. The molecule has 1 aliphatic rings. The lowest BCUT2D eigenvalue weighted by atomic mass is 10.0. The molecule has 0 saturated heterocycles. The molecule has 38 heavy (non-hydrogen) atoms. The van der Waals surface area contributed by atoms with Crippen molar-refractivity contribution in [2.45, 2.75) is 132 Å². The van der Waals surface area contributed by atoms with Gasteiger partial charge in [0.05, 0.1) is 14.2 Å². The van der Waals surface area contributed by atoms with Gasteiger partial charge in [0.25, 0.3) is 0 Å². The topological polar surface area (TPSA) is 18.5 Å². The van der Waals surface area contributed by atoms with Crippen molar-refractivity contribution in [1.29, 1.82) is 0 Å². The summed E-state index contributed by atoms with van der Waals surface area (Å²) in [4.78, 5) is 0. The van der Waals surface area contributed by atoms with Crippen LogP contribution in [0.3, 0.4) is 0 Å². The second-order valence-corrected chi connectivity index (χ2v) is 13.1. The highest BCUT2D eigenvalue weighted by atomic mass is 31.1. The van der Waals surface area contributed by atoms with Crippen LogP contribution in [0.25, 0.3) is 0 Å². The van der Waals surface area contributed by atoms with E-state index in [4.69, 9.17) is 9.47 Å². The number of hydrogen-bond donors (Lipinski definition) is 0. The molecule has 2 aromatic rings. The molecule has 3 rings (SSSR count). The van der Waals surface area contributed by atoms with Crippen molar-refractivity contribution in [1.82, 2.24) is 0 Å². The van der Waals surface area contributed by atoms with Crippen molar-refractivity contribution in [2.75, 3.05) is 14.2 Å². The molecule has 0 spiro atoms. The molecular formula is C35H59O2P. The Kier molecular flexibility index (Phi) is 17.0. The van der Waals surface area contributed by atoms with Gasteiger partial charge in [0, 0.05) is 0 Å². The number of ether oxygens (including phenoxy) is 2. The number of rotatable bonds is 11. The van der Waals surface area contributed by atoms with Crippen molar-refractivity contribution >= 4 is 18.5 Å². The third-order valence-electron chi connectivity index (χ3n) is 7.69. The average Bonchev–Trinajstić information content (AvgIpc) is 3.35. The van der Waals surface area contributed by atoms with Gasteiger partial charge in [-0.15, -0.1) is 0 Å². The van der Waals surface area contributed by atoms with E-state index in [0.717, 1.165) is 23.1 Å². The van der Waals surface area contributed by atoms with E-state index in [2.05, 4.69) is 72.7 Å². The summed E-state index contributed by atoms with van der Waals surface area (Å²) in [6, 6.07) is 9.62. The van der Waals surface area contributed by atoms with Crippen LogP contribution in [0.4, 0.5) is 0 Å². The van der Waals surface area contributed by atoms with Gasteiger partial charge in [-0.2, -0.15) is 0 Å². The molecule has 2 aromatic carbocycles. The largest absolute Gasteiger partial charge is 0.496 e. The maximum absolute atomic E-state index is 5.68. The van der Waals surface area contributed by atoms with Gasteiger partial charge >= 0.3 is 0 Å². The summed E-state index contributed by atoms with van der Waals surface area (Å²) >= 11 is 0. The first-order valence-electron chi connectivity index (χ1n) is 15.4. The third kappa shape index (κ3) is 9.59. The third-order valence-corrected chi connectivity index (χ3v) is 10.7. The molecule has 0 N–H and O–H groups in total. The second kappa shape index (κ2) is 18.7. The fourth-order valence-electron chi connectivity index (χ4n) is 5.97. The van der Waals surface area contributed by atoms with Crippen LogP contribution >= 0.6 is 7.92 Å². The first-order chi connectivity index (χ1) is 18.3. The lowest BCUT2D eigenvalue weighted by molar-refractivity contribution is 0.408. The number of benzene rings is 2. The van der Waals surface area contributed by atoms with Crippen LogP contribution in [0.15, 0.2) is 24.3 Å². The fourth-order valence-corrected chi connectivity index (χ4v) is 9.52. The maximum Gasteiger partial charge on any atom is 0.124 e. The quantitative estimate of drug-likeness (QED) is 0.208. The van der Waals surface area contributed by atoms with Gasteiger partial charge in [-0.3, -0.25) is 0 Å². The van der Waals surface area contributed by atoms with Crippen LogP contribution in [0, 0.1) is 33.6 Å². The second-order valence-electron chi connectivity index (χ2n) is 10.7. The highest BCUT2D eigenvalue weighted by Crippen LogP contribution is 2.52. The Hall–Kier alpha value is -1.53. The van der Waals surface area contributed by atoms with Gasteiger partial charge < -0.3 is 9.47 Å². The molecule has 0 heterocycles. The van der Waals surface area contributed by atoms with Crippen LogP contribution in [0.1, 0.15) is 121 Å². The number of methoxy groups -OCH3 is 2. The highest BCUT2D eigenvalue weighted by molar-refractivity contribution is 7.73. The molecule has 1 unspecified atom stereocenters. The summed E-state index contributed by atoms with van der Waals surface area (Å²) in [7, 11) is 3.15. The van der Waals surface area contributed by atoms with Gasteiger partial charge in [-0.05, 0) is 124 Å². The van der Waals surface area contributed by atoms with E-state index in [9.17, 15) is 0 Å². The molecule has 0 radical (unpaired) electrons. The molecule has 3 heteroatoms. The summed E-state index contributed by atoms with van der Waals surface area (Å²) in [6.07, 6.45) is 13.7. The molecule has 216 valence electrons. The maximum atomic E-state index is 5.68. The average molecular weight is 543 g/mol. The van der Waals surface area contributed by atoms with Crippen molar-refractivity contribution in [2.24, 2.45) is 5.92 Å². The molecule has 0 bridgehead atoms. The molecule has 2 nitrogen and oxygen atoms in total. The minimum absolute atomic E-state index is 0.419. The number of aryl methyl sites for hydroxylation is 4. The van der Waals surface area contributed by atoms with Gasteiger partial charge in [-0.25, -0.2) is 0 Å². The summed E-state index contributed by atoms with van der Waals surface area (Å²) in [5.74, 6) is 2.91. The zero-order valence-electron chi connectivity index (χ0n) is 26.8. The van der Waals surface area contributed by atoms with E-state index < -0.39 is 7.92 Å². The Balaban J connectivity index is 0.000000795. The Morgan fingerprint density at radius 3 is 1.39 bits per heavy atom. The van der Waals surface area contributed by atoms with Gasteiger partial charge in [0.15, 0.2) is 0 Å². The Morgan fingerprint density at radius 2 is 1.05 bits per heavy atom. The minimum atomic E-state index is -0.419. The van der Waals surface area contributed by atoms with Gasteiger partial charge in [0.2, 0.25) is 0 Å². The minimum Gasteiger partial charge on any atom is -0.496 e. The Morgan fingerprint density at radius 1 is 0.658 bits per heavy atom. The van der Waals surface area contributed by atoms with E-state index in [-0.39, 0.29) is 0 Å². The summed E-state index contributed by atoms with van der Waals surface area (Å²) in [5.41, 5.74) is 5.79. The zero-order chi connectivity index (χ0) is 28.7. The van der Waals surface area contributed by atoms with Crippen molar-refractivity contribution < 1.29 is 9.47 Å². The number of unbranched alkanes of at least 4 members (excludes halogenated alkanes) is 4. The molecular weight excluding hydrogens is 483 g/mol. The normalized spacial score (nSPS) is 16.4. The van der Waals surface area contributed by atoms with E-state index in [1.807, 2.05) is 13.8 Å². The van der Waals surface area contributed by atoms with Crippen LogP contribution < -0.4 is 20.1 Å². The molecule has 1 fully saturated rings. The summed E-state index contributed by atoms with van der Waals surface area (Å²) in [6.45, 7) is 19.5. The van der Waals surface area contributed by atoms with E-state index in [0.29, 0.717) is 0 Å². The van der Waals surface area contributed by atoms with Gasteiger partial charge in [0.1, 0.15) is 11.5 Å². The van der Waals surface area contributed by atoms with Crippen molar-refractivity contribution in [3.05, 3.63) is 46.5 Å². The van der Waals surface area contributed by atoms with Crippen LogP contribution in [-0.4, -0.2) is 19.9 Å². The summed E-state index contributed by atoms with van der Waals surface area (Å²) < 4.78 is 11.4. The van der Waals surface area contributed by atoms with E-state index in [1.54, 1.807) is 14.2 Å². The molecule has 1 aliphatic carbocycles.